The van der Waals surface area contributed by atoms with Crippen molar-refractivity contribution in [3.8, 4) is 9.75 Å². The summed E-state index contributed by atoms with van der Waals surface area (Å²) in [5, 5.41) is 5.61. The van der Waals surface area contributed by atoms with Crippen LogP contribution in [0.5, 0.6) is 0 Å². The van der Waals surface area contributed by atoms with Gasteiger partial charge in [-0.15, -0.1) is 29.3 Å². The number of thiocarbonyl (C=S) groups is 1. The standard InChI is InChI=1S/C16H14N2OS3/c1-2-7-18-15(19)11(10-17-16(18)20)9-12-5-6-14(22-12)13-4-3-8-21-13/h2-6,8-9H,1,7,10H2,(H,17,20). The first-order valence-electron chi connectivity index (χ1n) is 6.74. The van der Waals surface area contributed by atoms with Gasteiger partial charge < -0.3 is 5.32 Å². The molecule has 3 heterocycles. The second-order valence-electron chi connectivity index (χ2n) is 4.71. The van der Waals surface area contributed by atoms with E-state index in [2.05, 4.69) is 29.4 Å². The number of hydrogen-bond donors (Lipinski definition) is 1. The first-order chi connectivity index (χ1) is 10.7. The van der Waals surface area contributed by atoms with Gasteiger partial charge in [-0.2, -0.15) is 0 Å². The van der Waals surface area contributed by atoms with Gasteiger partial charge in [0.25, 0.3) is 5.91 Å². The molecule has 1 N–H and O–H groups in total. The zero-order valence-corrected chi connectivity index (χ0v) is 14.2. The Labute approximate surface area is 142 Å². The highest BCUT2D eigenvalue weighted by Gasteiger charge is 2.26. The summed E-state index contributed by atoms with van der Waals surface area (Å²) in [6.07, 6.45) is 3.61. The van der Waals surface area contributed by atoms with Crippen LogP contribution in [-0.2, 0) is 4.79 Å². The monoisotopic (exact) mass is 346 g/mol. The smallest absolute Gasteiger partial charge is 0.258 e. The molecule has 1 fully saturated rings. The van der Waals surface area contributed by atoms with Crippen molar-refractivity contribution < 1.29 is 4.79 Å². The molecule has 0 saturated carbocycles. The maximum Gasteiger partial charge on any atom is 0.258 e. The van der Waals surface area contributed by atoms with Crippen LogP contribution in [0.15, 0.2) is 47.9 Å². The molecule has 1 saturated heterocycles. The van der Waals surface area contributed by atoms with Gasteiger partial charge in [0.05, 0.1) is 0 Å². The van der Waals surface area contributed by atoms with Crippen molar-refractivity contribution in [1.29, 1.82) is 0 Å². The van der Waals surface area contributed by atoms with Gasteiger partial charge in [-0.3, -0.25) is 9.69 Å². The minimum atomic E-state index is -0.0466. The average Bonchev–Trinajstić information content (AvgIpc) is 3.17. The van der Waals surface area contributed by atoms with Gasteiger partial charge in [-0.1, -0.05) is 12.1 Å². The number of carbonyl (C=O) groups is 1. The van der Waals surface area contributed by atoms with Crippen molar-refractivity contribution in [2.24, 2.45) is 0 Å². The molecule has 1 aliphatic rings. The van der Waals surface area contributed by atoms with Crippen LogP contribution in [-0.4, -0.2) is 29.0 Å². The highest BCUT2D eigenvalue weighted by Crippen LogP contribution is 2.32. The minimum Gasteiger partial charge on any atom is -0.358 e. The molecule has 22 heavy (non-hydrogen) atoms. The lowest BCUT2D eigenvalue weighted by Gasteiger charge is -2.29. The van der Waals surface area contributed by atoms with E-state index in [9.17, 15) is 4.79 Å². The van der Waals surface area contributed by atoms with Gasteiger partial charge in [0.1, 0.15) is 0 Å². The molecule has 0 unspecified atom stereocenters. The van der Waals surface area contributed by atoms with Gasteiger partial charge in [-0.25, -0.2) is 0 Å². The van der Waals surface area contributed by atoms with Crippen LogP contribution in [0.25, 0.3) is 15.8 Å². The fraction of sp³-hybridized carbons (Fsp3) is 0.125. The lowest BCUT2D eigenvalue weighted by molar-refractivity contribution is -0.123. The van der Waals surface area contributed by atoms with Crippen molar-refractivity contribution in [3.05, 3.63) is 52.8 Å². The first kappa shape index (κ1) is 15.1. The predicted molar refractivity (Wildman–Crippen MR) is 98.1 cm³/mol. The first-order valence-corrected chi connectivity index (χ1v) is 8.84. The Morgan fingerprint density at radius 3 is 2.95 bits per heavy atom. The Balaban J connectivity index is 1.84. The fourth-order valence-corrected chi connectivity index (χ4v) is 4.21. The van der Waals surface area contributed by atoms with Crippen LogP contribution < -0.4 is 5.32 Å². The molecule has 1 amide bonds. The summed E-state index contributed by atoms with van der Waals surface area (Å²) in [6, 6.07) is 8.28. The van der Waals surface area contributed by atoms with Crippen LogP contribution in [0.3, 0.4) is 0 Å². The van der Waals surface area contributed by atoms with Crippen LogP contribution in [0.4, 0.5) is 0 Å². The normalized spacial score (nSPS) is 16.9. The molecule has 6 heteroatoms. The number of rotatable bonds is 4. The number of thiophene rings is 2. The summed E-state index contributed by atoms with van der Waals surface area (Å²) in [7, 11) is 0. The van der Waals surface area contributed by atoms with Gasteiger partial charge >= 0.3 is 0 Å². The Kier molecular flexibility index (Phi) is 4.52. The molecule has 2 aromatic heterocycles. The molecule has 0 aliphatic carbocycles. The minimum absolute atomic E-state index is 0.0466. The third-order valence-electron chi connectivity index (χ3n) is 3.21. The molecule has 0 aromatic carbocycles. The Morgan fingerprint density at radius 1 is 1.36 bits per heavy atom. The maximum atomic E-state index is 12.5. The Hall–Kier alpha value is -1.76. The zero-order valence-electron chi connectivity index (χ0n) is 11.7. The fourth-order valence-electron chi connectivity index (χ4n) is 2.17. The maximum absolute atomic E-state index is 12.5. The summed E-state index contributed by atoms with van der Waals surface area (Å²) in [5.74, 6) is -0.0466. The molecule has 0 atom stereocenters. The summed E-state index contributed by atoms with van der Waals surface area (Å²) in [4.78, 5) is 17.5. The van der Waals surface area contributed by atoms with Crippen molar-refractivity contribution in [3.63, 3.8) is 0 Å². The number of carbonyl (C=O) groups excluding carboxylic acids is 1. The molecular weight excluding hydrogens is 332 g/mol. The molecule has 1 aliphatic heterocycles. The van der Waals surface area contributed by atoms with Crippen molar-refractivity contribution >= 4 is 52.0 Å². The summed E-state index contributed by atoms with van der Waals surface area (Å²) in [6.45, 7) is 4.56. The summed E-state index contributed by atoms with van der Waals surface area (Å²) >= 11 is 8.57. The number of hydrogen-bond acceptors (Lipinski definition) is 4. The van der Waals surface area contributed by atoms with Gasteiger partial charge in [0, 0.05) is 33.3 Å². The van der Waals surface area contributed by atoms with Crippen molar-refractivity contribution in [2.45, 2.75) is 0 Å². The average molecular weight is 347 g/mol. The zero-order chi connectivity index (χ0) is 15.5. The van der Waals surface area contributed by atoms with Crippen molar-refractivity contribution in [2.75, 3.05) is 13.1 Å². The van der Waals surface area contributed by atoms with E-state index in [1.54, 1.807) is 28.7 Å². The van der Waals surface area contributed by atoms with E-state index < -0.39 is 0 Å². The predicted octanol–water partition coefficient (Wildman–Crippen LogP) is 3.76. The Morgan fingerprint density at radius 2 is 2.23 bits per heavy atom. The lowest BCUT2D eigenvalue weighted by Crippen LogP contribution is -2.50. The van der Waals surface area contributed by atoms with E-state index in [0.717, 1.165) is 10.5 Å². The number of nitrogens with zero attached hydrogens (tertiary/aromatic N) is 1. The SMILES string of the molecule is C=CCN1C(=O)C(=Cc2ccc(-c3cccs3)s2)CNC1=S. The molecular formula is C16H14N2OS3. The van der Waals surface area contributed by atoms with E-state index >= 15 is 0 Å². The van der Waals surface area contributed by atoms with E-state index in [1.165, 1.54) is 14.7 Å². The molecule has 0 spiro atoms. The third-order valence-corrected chi connectivity index (χ3v) is 5.68. The number of nitrogens with one attached hydrogen (secondary N) is 1. The number of amides is 1. The van der Waals surface area contributed by atoms with E-state index in [1.807, 2.05) is 18.2 Å². The molecule has 3 rings (SSSR count). The Bertz CT molecular complexity index is 743. The summed E-state index contributed by atoms with van der Waals surface area (Å²) in [5.41, 5.74) is 0.718. The van der Waals surface area contributed by atoms with Crippen LogP contribution in [0, 0.1) is 0 Å². The highest BCUT2D eigenvalue weighted by molar-refractivity contribution is 7.80. The molecule has 112 valence electrons. The summed E-state index contributed by atoms with van der Waals surface area (Å²) < 4.78 is 0. The molecule has 0 bridgehead atoms. The second-order valence-corrected chi connectivity index (χ2v) is 7.16. The van der Waals surface area contributed by atoms with Crippen LogP contribution in [0.1, 0.15) is 4.88 Å². The largest absolute Gasteiger partial charge is 0.358 e. The van der Waals surface area contributed by atoms with Gasteiger partial charge in [0.15, 0.2) is 5.11 Å². The van der Waals surface area contributed by atoms with E-state index in [0.29, 0.717) is 18.2 Å². The topological polar surface area (TPSA) is 32.3 Å². The second kappa shape index (κ2) is 6.56. The van der Waals surface area contributed by atoms with E-state index in [4.69, 9.17) is 12.2 Å². The van der Waals surface area contributed by atoms with Gasteiger partial charge in [0.2, 0.25) is 0 Å². The molecule has 0 radical (unpaired) electrons. The highest BCUT2D eigenvalue weighted by atomic mass is 32.1. The molecule has 2 aromatic rings. The van der Waals surface area contributed by atoms with Crippen molar-refractivity contribution in [1.82, 2.24) is 10.2 Å². The van der Waals surface area contributed by atoms with Crippen LogP contribution >= 0.6 is 34.9 Å². The molecule has 3 nitrogen and oxygen atoms in total. The lowest BCUT2D eigenvalue weighted by atomic mass is 10.1. The van der Waals surface area contributed by atoms with E-state index in [-0.39, 0.29) is 5.91 Å². The van der Waals surface area contributed by atoms with Gasteiger partial charge in [-0.05, 0) is 41.9 Å². The third kappa shape index (κ3) is 3.04. The quantitative estimate of drug-likeness (QED) is 0.520. The van der Waals surface area contributed by atoms with Crippen LogP contribution in [0.2, 0.25) is 0 Å².